The third-order valence-electron chi connectivity index (χ3n) is 16.8. The van der Waals surface area contributed by atoms with Gasteiger partial charge in [-0.15, -0.1) is 11.6 Å². The van der Waals surface area contributed by atoms with Crippen LogP contribution < -0.4 is 41.4 Å². The molecule has 103 heavy (non-hydrogen) atoms. The first-order valence-electron chi connectivity index (χ1n) is 34.3. The summed E-state index contributed by atoms with van der Waals surface area (Å²) >= 11 is 11.3. The number of urea groups is 2. The number of nitrogens with one attached hydrogen (secondary N) is 6. The van der Waals surface area contributed by atoms with Crippen molar-refractivity contribution < 1.29 is 38.1 Å². The highest BCUT2D eigenvalue weighted by Crippen LogP contribution is 2.36. The van der Waals surface area contributed by atoms with Crippen molar-refractivity contribution in [1.29, 1.82) is 0 Å². The predicted octanol–water partition coefficient (Wildman–Crippen LogP) is 14.9. The molecule has 0 aliphatic carbocycles. The first-order chi connectivity index (χ1) is 49.7. The largest absolute Gasteiger partial charge is 0.488 e. The number of thiol groups is 1. The lowest BCUT2D eigenvalue weighted by atomic mass is 9.92. The molecule has 0 bridgehead atoms. The molecule has 6 aromatic carbocycles. The summed E-state index contributed by atoms with van der Waals surface area (Å²) in [5, 5.41) is 30.5. The number of anilines is 6. The number of nitrogens with zero attached hydrogens (tertiary/aromatic N) is 8. The standard InChI is InChI=1S/C39H45N7O4S.C33H33ClN6O3.C6H13NOS/c1-27-9-11-29(12-10-27)46-36(24-34(44-46)39(2,3)4)43-38(48)41-32-13-14-33(31-8-6-5-7-30(31)32)50-25-28-15-16-40-35(23-28)42-37(47)26-51-22-19-45-17-20-49-21-18-45;1-21-9-11-23(12-10-21)40-30(18-28(39-40)33(2,3)4)38-32(42)36-26-13-14-27(25-8-6-5-7-24(25)26)43-20-22-15-16-35-29(17-22)37-31(41)19-34;9-6-3-7-1-4-8-5-2-7/h5-16,23-24H,17-22,25-26H2,1-4H3,(H,40,42,47)(H2,41,43,48);5-18H,19-20H2,1-4H3,(H,35,37,41)(H2,36,38,42);9H,1-6H2. The predicted molar refractivity (Wildman–Crippen MR) is 418 cm³/mol. The van der Waals surface area contributed by atoms with Crippen LogP contribution in [0.15, 0.2) is 170 Å². The molecule has 2 fully saturated rings. The Balaban J connectivity index is 0.000000199. The molecular formula is C78H91ClN14O8S2. The quantitative estimate of drug-likeness (QED) is 0.0189. The Kier molecular flexibility index (Phi) is 27.0. The van der Waals surface area contributed by atoms with Gasteiger partial charge < -0.3 is 40.2 Å². The summed E-state index contributed by atoms with van der Waals surface area (Å²) in [6.45, 7) is 26.6. The van der Waals surface area contributed by atoms with Crippen LogP contribution in [0.1, 0.15) is 75.2 Å². The number of amides is 6. The molecular weight excluding hydrogens is 1360 g/mol. The van der Waals surface area contributed by atoms with Crippen LogP contribution in [0.4, 0.5) is 44.2 Å². The lowest BCUT2D eigenvalue weighted by molar-refractivity contribution is -0.114. The topological polar surface area (TPSA) is 245 Å². The van der Waals surface area contributed by atoms with E-state index in [9.17, 15) is 19.2 Å². The summed E-state index contributed by atoms with van der Waals surface area (Å²) in [5.74, 6) is 4.99. The monoisotopic (exact) mass is 1450 g/mol. The van der Waals surface area contributed by atoms with Gasteiger partial charge in [0, 0.05) is 108 Å². The van der Waals surface area contributed by atoms with Crippen molar-refractivity contribution in [2.75, 3.05) is 121 Å². The lowest BCUT2D eigenvalue weighted by Gasteiger charge is -2.26. The van der Waals surface area contributed by atoms with Gasteiger partial charge in [0.05, 0.1) is 66.3 Å². The number of pyridine rings is 2. The van der Waals surface area contributed by atoms with Crippen LogP contribution in [0.2, 0.25) is 0 Å². The second-order valence-corrected chi connectivity index (χ2v) is 28.7. The molecule has 22 nitrogen and oxygen atoms in total. The van der Waals surface area contributed by atoms with Crippen molar-refractivity contribution >= 4 is 116 Å². The van der Waals surface area contributed by atoms with Gasteiger partial charge in [-0.25, -0.2) is 28.9 Å². The molecule has 0 spiro atoms. The van der Waals surface area contributed by atoms with E-state index in [0.29, 0.717) is 51.9 Å². The van der Waals surface area contributed by atoms with Gasteiger partial charge in [0.15, 0.2) is 0 Å². The van der Waals surface area contributed by atoms with Gasteiger partial charge in [0.25, 0.3) is 0 Å². The lowest BCUT2D eigenvalue weighted by Crippen LogP contribution is -2.37. The van der Waals surface area contributed by atoms with Crippen LogP contribution >= 0.6 is 36.0 Å². The maximum atomic E-state index is 13.4. The van der Waals surface area contributed by atoms with E-state index in [1.807, 2.05) is 166 Å². The number of alkyl halides is 1. The summed E-state index contributed by atoms with van der Waals surface area (Å²) in [5.41, 5.74) is 8.27. The van der Waals surface area contributed by atoms with E-state index >= 15 is 0 Å². The average Bonchev–Trinajstić information content (AvgIpc) is 1.79. The van der Waals surface area contributed by atoms with E-state index in [4.69, 9.17) is 40.7 Å². The van der Waals surface area contributed by atoms with E-state index < -0.39 is 6.03 Å². The zero-order valence-electron chi connectivity index (χ0n) is 59.6. The molecule has 0 atom stereocenters. The van der Waals surface area contributed by atoms with Crippen molar-refractivity contribution in [3.63, 3.8) is 0 Å². The number of halogens is 1. The normalized spacial score (nSPS) is 13.4. The molecule has 12 rings (SSSR count). The molecule has 2 aliphatic heterocycles. The average molecular weight is 1450 g/mol. The molecule has 0 saturated carbocycles. The number of fused-ring (bicyclic) bond motifs is 2. The third-order valence-corrected chi connectivity index (χ3v) is 18.1. The van der Waals surface area contributed by atoms with Gasteiger partial charge in [-0.2, -0.15) is 34.6 Å². The maximum Gasteiger partial charge on any atom is 0.324 e. The van der Waals surface area contributed by atoms with Crippen molar-refractivity contribution in [1.82, 2.24) is 39.3 Å². The maximum absolute atomic E-state index is 13.4. The summed E-state index contributed by atoms with van der Waals surface area (Å²) < 4.78 is 26.5. The Morgan fingerprint density at radius 2 is 0.932 bits per heavy atom. The second-order valence-electron chi connectivity index (χ2n) is 26.9. The Labute approximate surface area is 616 Å². The van der Waals surface area contributed by atoms with E-state index in [1.54, 1.807) is 39.6 Å². The fourth-order valence-corrected chi connectivity index (χ4v) is 12.2. The fourth-order valence-electron chi connectivity index (χ4n) is 11.1. The van der Waals surface area contributed by atoms with Gasteiger partial charge in [-0.05, 0) is 97.8 Å². The number of ether oxygens (including phenoxy) is 4. The van der Waals surface area contributed by atoms with Gasteiger partial charge in [0.1, 0.15) is 53.9 Å². The molecule has 4 aromatic heterocycles. The number of hydrogen-bond donors (Lipinski definition) is 7. The highest BCUT2D eigenvalue weighted by atomic mass is 35.5. The molecule has 540 valence electrons. The zero-order valence-corrected chi connectivity index (χ0v) is 62.0. The minimum atomic E-state index is -0.393. The highest BCUT2D eigenvalue weighted by molar-refractivity contribution is 8.00. The number of hydrogen-bond acceptors (Lipinski definition) is 16. The Hall–Kier alpha value is -9.53. The van der Waals surface area contributed by atoms with Crippen molar-refractivity contribution in [2.45, 2.75) is 79.4 Å². The minimum absolute atomic E-state index is 0.0834. The van der Waals surface area contributed by atoms with Gasteiger partial charge >= 0.3 is 12.1 Å². The molecule has 0 radical (unpaired) electrons. The van der Waals surface area contributed by atoms with Crippen LogP contribution in [-0.2, 0) is 43.1 Å². The van der Waals surface area contributed by atoms with E-state index in [1.165, 1.54) is 0 Å². The van der Waals surface area contributed by atoms with Crippen LogP contribution in [-0.4, -0.2) is 152 Å². The highest BCUT2D eigenvalue weighted by Gasteiger charge is 2.25. The number of thioether (sulfide) groups is 1. The molecule has 0 unspecified atom stereocenters. The van der Waals surface area contributed by atoms with Gasteiger partial charge in [-0.3, -0.25) is 30.0 Å². The molecule has 25 heteroatoms. The van der Waals surface area contributed by atoms with Crippen LogP contribution in [0.3, 0.4) is 0 Å². The van der Waals surface area contributed by atoms with Crippen LogP contribution in [0.25, 0.3) is 32.9 Å². The van der Waals surface area contributed by atoms with Gasteiger partial charge in [0.2, 0.25) is 11.8 Å². The Morgan fingerprint density at radius 1 is 0.515 bits per heavy atom. The number of carbonyl (C=O) groups excluding carboxylic acids is 4. The third kappa shape index (κ3) is 22.2. The molecule has 10 aromatic rings. The van der Waals surface area contributed by atoms with E-state index in [-0.39, 0.29) is 47.8 Å². The Bertz CT molecular complexity index is 4490. The molecule has 2 saturated heterocycles. The van der Waals surface area contributed by atoms with Crippen molar-refractivity contribution in [3.05, 3.63) is 204 Å². The zero-order chi connectivity index (χ0) is 72.9. The number of benzene rings is 6. The number of aryl methyl sites for hydroxylation is 2. The first kappa shape index (κ1) is 76.1. The molecule has 6 N–H and O–H groups in total. The minimum Gasteiger partial charge on any atom is -0.488 e. The molecule has 6 heterocycles. The summed E-state index contributed by atoms with van der Waals surface area (Å²) in [4.78, 5) is 64.1. The van der Waals surface area contributed by atoms with Crippen molar-refractivity contribution in [2.24, 2.45) is 0 Å². The van der Waals surface area contributed by atoms with Crippen LogP contribution in [0, 0.1) is 13.8 Å². The summed E-state index contributed by atoms with van der Waals surface area (Å²) in [6, 6.07) is 49.1. The van der Waals surface area contributed by atoms with Gasteiger partial charge in [-0.1, -0.05) is 125 Å². The Morgan fingerprint density at radius 3 is 1.35 bits per heavy atom. The van der Waals surface area contributed by atoms with E-state index in [0.717, 1.165) is 144 Å². The van der Waals surface area contributed by atoms with Crippen LogP contribution in [0.5, 0.6) is 11.5 Å². The summed E-state index contributed by atoms with van der Waals surface area (Å²) in [6.07, 6.45) is 3.26. The number of carbonyl (C=O) groups is 4. The van der Waals surface area contributed by atoms with E-state index in [2.05, 4.69) is 106 Å². The molecule has 6 amide bonds. The SMILES string of the molecule is Cc1ccc(-n2nc(C(C)(C)C)cc2NC(=O)Nc2ccc(OCc3ccnc(NC(=O)CCl)c3)c3ccccc23)cc1.Cc1ccc(-n2nc(C(C)(C)C)cc2NC(=O)Nc2ccc(OCc3ccnc(NC(=O)CSCCN4CCOCC4)c3)c3ccccc23)cc1.SCCN1CCOCC1. The smallest absolute Gasteiger partial charge is 0.324 e. The number of morpholine rings is 2. The van der Waals surface area contributed by atoms with Crippen molar-refractivity contribution in [3.8, 4) is 22.9 Å². The first-order valence-corrected chi connectivity index (χ1v) is 36.6. The molecule has 2 aliphatic rings. The number of rotatable bonds is 22. The number of aromatic nitrogens is 6. The summed E-state index contributed by atoms with van der Waals surface area (Å²) in [7, 11) is 0. The fraction of sp³-hybridized carbons (Fsp3) is 0.333. The second kappa shape index (κ2) is 36.6.